The molecule has 2 aromatic carbocycles. The van der Waals surface area contributed by atoms with Gasteiger partial charge in [0.1, 0.15) is 19.3 Å². The number of para-hydroxylation sites is 1. The van der Waals surface area contributed by atoms with Crippen molar-refractivity contribution >= 4 is 28.6 Å². The summed E-state index contributed by atoms with van der Waals surface area (Å²) in [6, 6.07) is 10.9. The molecule has 28 heavy (non-hydrogen) atoms. The number of anilines is 1. The summed E-state index contributed by atoms with van der Waals surface area (Å²) < 4.78 is 10.9. The number of H-pyrrole nitrogens is 1. The van der Waals surface area contributed by atoms with Gasteiger partial charge in [0.15, 0.2) is 11.5 Å². The minimum atomic E-state index is -1.11. The Morgan fingerprint density at radius 1 is 1.11 bits per heavy atom. The van der Waals surface area contributed by atoms with E-state index >= 15 is 0 Å². The van der Waals surface area contributed by atoms with E-state index in [4.69, 9.17) is 9.47 Å². The molecule has 4 rings (SSSR count). The minimum Gasteiger partial charge on any atom is -0.486 e. The zero-order valence-corrected chi connectivity index (χ0v) is 14.9. The van der Waals surface area contributed by atoms with Crippen LogP contribution in [0.3, 0.4) is 0 Å². The normalized spacial score (nSPS) is 13.7. The third-order valence-corrected chi connectivity index (χ3v) is 4.50. The highest BCUT2D eigenvalue weighted by atomic mass is 16.6. The fourth-order valence-corrected chi connectivity index (χ4v) is 3.17. The Hall–Kier alpha value is -3.68. The summed E-state index contributed by atoms with van der Waals surface area (Å²) in [7, 11) is 0. The lowest BCUT2D eigenvalue weighted by atomic mass is 10.1. The van der Waals surface area contributed by atoms with E-state index in [9.17, 15) is 14.7 Å². The molecule has 8 heteroatoms. The van der Waals surface area contributed by atoms with Gasteiger partial charge in [0.25, 0.3) is 0 Å². The number of carbonyl (C=O) groups excluding carboxylic acids is 1. The molecule has 0 fully saturated rings. The molecular formula is C20H19N3O5. The van der Waals surface area contributed by atoms with Crippen LogP contribution in [0.25, 0.3) is 10.9 Å². The molecule has 0 bridgehead atoms. The monoisotopic (exact) mass is 381 g/mol. The summed E-state index contributed by atoms with van der Waals surface area (Å²) in [4.78, 5) is 27.1. The van der Waals surface area contributed by atoms with E-state index in [0.29, 0.717) is 30.4 Å². The highest BCUT2D eigenvalue weighted by molar-refractivity contribution is 5.93. The maximum absolute atomic E-state index is 12.3. The molecular weight excluding hydrogens is 362 g/mol. The molecule has 4 N–H and O–H groups in total. The summed E-state index contributed by atoms with van der Waals surface area (Å²) in [6.45, 7) is 0.919. The lowest BCUT2D eigenvalue weighted by molar-refractivity contribution is -0.139. The molecule has 1 aliphatic rings. The maximum Gasteiger partial charge on any atom is 0.326 e. The van der Waals surface area contributed by atoms with Gasteiger partial charge in [-0.25, -0.2) is 9.59 Å². The molecule has 1 atom stereocenters. The van der Waals surface area contributed by atoms with Crippen LogP contribution in [0, 0.1) is 0 Å². The standard InChI is InChI=1S/C20H19N3O5/c24-19(25)16(9-12-11-21-15-4-2-1-3-14(12)15)23-20(26)22-13-5-6-17-18(10-13)28-8-7-27-17/h1-6,10-11,16,21H,7-9H2,(H,24,25)(H2,22,23,26). The number of fused-ring (bicyclic) bond motifs is 2. The van der Waals surface area contributed by atoms with Crippen LogP contribution >= 0.6 is 0 Å². The second kappa shape index (κ2) is 7.51. The second-order valence-electron chi connectivity index (χ2n) is 6.41. The van der Waals surface area contributed by atoms with Gasteiger partial charge in [-0.05, 0) is 23.8 Å². The number of hydrogen-bond acceptors (Lipinski definition) is 4. The molecule has 1 aliphatic heterocycles. The fraction of sp³-hybridized carbons (Fsp3) is 0.200. The van der Waals surface area contributed by atoms with Crippen molar-refractivity contribution in [3.8, 4) is 11.5 Å². The number of aliphatic carboxylic acids is 1. The van der Waals surface area contributed by atoms with Crippen molar-refractivity contribution in [3.05, 3.63) is 54.2 Å². The van der Waals surface area contributed by atoms with Crippen molar-refractivity contribution in [2.75, 3.05) is 18.5 Å². The van der Waals surface area contributed by atoms with E-state index in [-0.39, 0.29) is 6.42 Å². The molecule has 0 aliphatic carbocycles. The summed E-state index contributed by atoms with van der Waals surface area (Å²) in [5.41, 5.74) is 2.22. The van der Waals surface area contributed by atoms with Gasteiger partial charge in [0.2, 0.25) is 0 Å². The van der Waals surface area contributed by atoms with Gasteiger partial charge in [-0.3, -0.25) is 0 Å². The second-order valence-corrected chi connectivity index (χ2v) is 6.41. The molecule has 0 spiro atoms. The maximum atomic E-state index is 12.3. The van der Waals surface area contributed by atoms with Gasteiger partial charge in [0, 0.05) is 35.3 Å². The Balaban J connectivity index is 1.44. The number of aromatic amines is 1. The highest BCUT2D eigenvalue weighted by Gasteiger charge is 2.22. The van der Waals surface area contributed by atoms with Crippen molar-refractivity contribution in [2.45, 2.75) is 12.5 Å². The summed E-state index contributed by atoms with van der Waals surface area (Å²) in [5, 5.41) is 15.6. The Labute approximate surface area is 160 Å². The molecule has 1 unspecified atom stereocenters. The van der Waals surface area contributed by atoms with Crippen molar-refractivity contribution < 1.29 is 24.2 Å². The van der Waals surface area contributed by atoms with Crippen LogP contribution in [0.5, 0.6) is 11.5 Å². The molecule has 0 saturated carbocycles. The van der Waals surface area contributed by atoms with E-state index < -0.39 is 18.0 Å². The number of carboxylic acid groups (broad SMARTS) is 1. The van der Waals surface area contributed by atoms with Gasteiger partial charge in [-0.15, -0.1) is 0 Å². The number of amides is 2. The SMILES string of the molecule is O=C(Nc1ccc2c(c1)OCCO2)NC(Cc1c[nH]c2ccccc12)C(=O)O. The fourth-order valence-electron chi connectivity index (χ4n) is 3.17. The first-order valence-corrected chi connectivity index (χ1v) is 8.85. The van der Waals surface area contributed by atoms with E-state index in [1.807, 2.05) is 24.3 Å². The average molecular weight is 381 g/mol. The van der Waals surface area contributed by atoms with Gasteiger partial charge < -0.3 is 30.2 Å². The first-order valence-electron chi connectivity index (χ1n) is 8.85. The summed E-state index contributed by atoms with van der Waals surface area (Å²) in [5.74, 6) is 0.0418. The molecule has 2 heterocycles. The number of carbonyl (C=O) groups is 2. The molecule has 1 aromatic heterocycles. The van der Waals surface area contributed by atoms with Gasteiger partial charge in [-0.2, -0.15) is 0 Å². The number of aromatic nitrogens is 1. The molecule has 8 nitrogen and oxygen atoms in total. The number of nitrogens with one attached hydrogen (secondary N) is 3. The zero-order chi connectivity index (χ0) is 19.5. The first kappa shape index (κ1) is 17.7. The van der Waals surface area contributed by atoms with E-state index in [0.717, 1.165) is 16.5 Å². The molecule has 0 radical (unpaired) electrons. The molecule has 144 valence electrons. The van der Waals surface area contributed by atoms with E-state index in [1.165, 1.54) is 0 Å². The predicted molar refractivity (Wildman–Crippen MR) is 103 cm³/mol. The predicted octanol–water partition coefficient (Wildman–Crippen LogP) is 2.76. The largest absolute Gasteiger partial charge is 0.486 e. The number of benzene rings is 2. The van der Waals surface area contributed by atoms with E-state index in [1.54, 1.807) is 24.4 Å². The number of rotatable bonds is 5. The van der Waals surface area contributed by atoms with Crippen LogP contribution in [0.15, 0.2) is 48.7 Å². The van der Waals surface area contributed by atoms with Crippen molar-refractivity contribution in [2.24, 2.45) is 0 Å². The highest BCUT2D eigenvalue weighted by Crippen LogP contribution is 2.32. The van der Waals surface area contributed by atoms with Crippen molar-refractivity contribution in [1.82, 2.24) is 10.3 Å². The Kier molecular flexibility index (Phi) is 4.76. The Morgan fingerprint density at radius 3 is 2.71 bits per heavy atom. The van der Waals surface area contributed by atoms with Crippen LogP contribution in [-0.4, -0.2) is 41.3 Å². The number of hydrogen-bond donors (Lipinski definition) is 4. The summed E-state index contributed by atoms with van der Waals surface area (Å²) in [6.07, 6.45) is 1.93. The third-order valence-electron chi connectivity index (χ3n) is 4.50. The third kappa shape index (κ3) is 3.71. The Bertz CT molecular complexity index is 1030. The number of carboxylic acids is 1. The lowest BCUT2D eigenvalue weighted by Crippen LogP contribution is -2.44. The quantitative estimate of drug-likeness (QED) is 0.543. The molecule has 3 aromatic rings. The van der Waals surface area contributed by atoms with Crippen LogP contribution in [0.4, 0.5) is 10.5 Å². The molecule has 2 amide bonds. The van der Waals surface area contributed by atoms with Crippen LogP contribution in [0.1, 0.15) is 5.56 Å². The van der Waals surface area contributed by atoms with Crippen LogP contribution < -0.4 is 20.1 Å². The lowest BCUT2D eigenvalue weighted by Gasteiger charge is -2.19. The smallest absolute Gasteiger partial charge is 0.326 e. The van der Waals surface area contributed by atoms with Crippen molar-refractivity contribution in [3.63, 3.8) is 0 Å². The van der Waals surface area contributed by atoms with Gasteiger partial charge in [-0.1, -0.05) is 18.2 Å². The topological polar surface area (TPSA) is 113 Å². The van der Waals surface area contributed by atoms with Gasteiger partial charge >= 0.3 is 12.0 Å². The van der Waals surface area contributed by atoms with Gasteiger partial charge in [0.05, 0.1) is 0 Å². The minimum absolute atomic E-state index is 0.161. The molecule has 0 saturated heterocycles. The Morgan fingerprint density at radius 2 is 1.89 bits per heavy atom. The van der Waals surface area contributed by atoms with Crippen LogP contribution in [0.2, 0.25) is 0 Å². The number of urea groups is 1. The van der Waals surface area contributed by atoms with Crippen LogP contribution in [-0.2, 0) is 11.2 Å². The average Bonchev–Trinajstić information content (AvgIpc) is 3.10. The summed E-state index contributed by atoms with van der Waals surface area (Å²) >= 11 is 0. The first-order chi connectivity index (χ1) is 13.6. The number of ether oxygens (including phenoxy) is 2. The zero-order valence-electron chi connectivity index (χ0n) is 14.9. The van der Waals surface area contributed by atoms with Crippen molar-refractivity contribution in [1.29, 1.82) is 0 Å². The van der Waals surface area contributed by atoms with E-state index in [2.05, 4.69) is 15.6 Å².